The zero-order chi connectivity index (χ0) is 17.2. The predicted molar refractivity (Wildman–Crippen MR) is 103 cm³/mol. The van der Waals surface area contributed by atoms with E-state index < -0.39 is 0 Å². The van der Waals surface area contributed by atoms with Gasteiger partial charge in [-0.1, -0.05) is 47.7 Å². The second kappa shape index (κ2) is 6.83. The molecule has 0 atom stereocenters. The molecule has 124 valence electrons. The summed E-state index contributed by atoms with van der Waals surface area (Å²) in [4.78, 5) is 18.7. The molecule has 0 saturated carbocycles. The standard InChI is InChI=1S/C17H12N4OS3/c1-10-13(24-16(18-10)12-8-5-9-23-12)14(22)19-17-21-20-15(25-17)11-6-3-2-4-7-11/h2-9H,1H3,(H,19,21,22). The van der Waals surface area contributed by atoms with Gasteiger partial charge in [0, 0.05) is 5.56 Å². The Hall–Kier alpha value is -2.42. The Morgan fingerprint density at radius 2 is 1.84 bits per heavy atom. The summed E-state index contributed by atoms with van der Waals surface area (Å²) in [5.74, 6) is -0.200. The predicted octanol–water partition coefficient (Wildman–Crippen LogP) is 4.95. The Balaban J connectivity index is 1.54. The molecule has 0 spiro atoms. The minimum Gasteiger partial charge on any atom is -0.296 e. The second-order valence-electron chi connectivity index (χ2n) is 5.14. The molecule has 5 nitrogen and oxygen atoms in total. The first-order valence-corrected chi connectivity index (χ1v) is 9.93. The minimum atomic E-state index is -0.200. The average Bonchev–Trinajstić information content (AvgIpc) is 3.35. The highest BCUT2D eigenvalue weighted by Gasteiger charge is 2.18. The van der Waals surface area contributed by atoms with Crippen LogP contribution in [-0.2, 0) is 0 Å². The lowest BCUT2D eigenvalue weighted by atomic mass is 10.2. The first kappa shape index (κ1) is 16.1. The van der Waals surface area contributed by atoms with Crippen LogP contribution in [0.25, 0.3) is 20.5 Å². The van der Waals surface area contributed by atoms with E-state index in [1.54, 1.807) is 11.3 Å². The summed E-state index contributed by atoms with van der Waals surface area (Å²) in [6.07, 6.45) is 0. The lowest BCUT2D eigenvalue weighted by Crippen LogP contribution is -2.11. The first-order valence-electron chi connectivity index (χ1n) is 7.42. The number of aryl methyl sites for hydroxylation is 1. The highest BCUT2D eigenvalue weighted by molar-refractivity contribution is 7.22. The van der Waals surface area contributed by atoms with Gasteiger partial charge in [0.1, 0.15) is 14.9 Å². The molecule has 0 aliphatic rings. The summed E-state index contributed by atoms with van der Waals surface area (Å²) in [5, 5.41) is 15.2. The molecule has 8 heteroatoms. The van der Waals surface area contributed by atoms with Crippen LogP contribution >= 0.6 is 34.0 Å². The van der Waals surface area contributed by atoms with Gasteiger partial charge in [-0.2, -0.15) is 0 Å². The van der Waals surface area contributed by atoms with E-state index in [4.69, 9.17) is 0 Å². The van der Waals surface area contributed by atoms with E-state index in [-0.39, 0.29) is 5.91 Å². The number of thiazole rings is 1. The van der Waals surface area contributed by atoms with Gasteiger partial charge in [0.25, 0.3) is 5.91 Å². The molecule has 1 N–H and O–H groups in total. The Labute approximate surface area is 156 Å². The Kier molecular flexibility index (Phi) is 4.39. The van der Waals surface area contributed by atoms with Crippen LogP contribution in [0, 0.1) is 6.92 Å². The average molecular weight is 385 g/mol. The monoisotopic (exact) mass is 384 g/mol. The van der Waals surface area contributed by atoms with Gasteiger partial charge >= 0.3 is 0 Å². The van der Waals surface area contributed by atoms with Gasteiger partial charge in [-0.3, -0.25) is 10.1 Å². The lowest BCUT2D eigenvalue weighted by Gasteiger charge is -1.98. The van der Waals surface area contributed by atoms with Crippen molar-refractivity contribution in [3.05, 3.63) is 58.4 Å². The smallest absolute Gasteiger partial charge is 0.269 e. The molecule has 4 aromatic rings. The molecule has 0 aliphatic carbocycles. The molecule has 0 bridgehead atoms. The number of rotatable bonds is 4. The molecule has 0 fully saturated rings. The quantitative estimate of drug-likeness (QED) is 0.540. The van der Waals surface area contributed by atoms with E-state index in [1.807, 2.05) is 54.8 Å². The van der Waals surface area contributed by atoms with Gasteiger partial charge in [0.15, 0.2) is 0 Å². The van der Waals surface area contributed by atoms with Gasteiger partial charge in [-0.25, -0.2) is 4.98 Å². The van der Waals surface area contributed by atoms with Crippen LogP contribution < -0.4 is 5.32 Å². The number of amides is 1. The molecular weight excluding hydrogens is 372 g/mol. The van der Waals surface area contributed by atoms with Crippen LogP contribution in [0.1, 0.15) is 15.4 Å². The van der Waals surface area contributed by atoms with Crippen LogP contribution in [0.15, 0.2) is 47.8 Å². The molecule has 3 aromatic heterocycles. The van der Waals surface area contributed by atoms with E-state index in [0.29, 0.717) is 10.0 Å². The van der Waals surface area contributed by atoms with E-state index in [0.717, 1.165) is 26.1 Å². The van der Waals surface area contributed by atoms with E-state index in [2.05, 4.69) is 20.5 Å². The summed E-state index contributed by atoms with van der Waals surface area (Å²) < 4.78 is 0. The highest BCUT2D eigenvalue weighted by atomic mass is 32.1. The SMILES string of the molecule is Cc1nc(-c2cccs2)sc1C(=O)Nc1nnc(-c2ccccc2)s1. The molecule has 1 aromatic carbocycles. The third kappa shape index (κ3) is 3.37. The maximum atomic E-state index is 12.6. The van der Waals surface area contributed by atoms with Gasteiger partial charge in [-0.05, 0) is 18.4 Å². The molecule has 0 radical (unpaired) electrons. The van der Waals surface area contributed by atoms with Crippen molar-refractivity contribution >= 4 is 45.0 Å². The van der Waals surface area contributed by atoms with E-state index in [9.17, 15) is 4.79 Å². The summed E-state index contributed by atoms with van der Waals surface area (Å²) >= 11 is 4.35. The van der Waals surface area contributed by atoms with Gasteiger partial charge in [0.05, 0.1) is 10.6 Å². The molecule has 25 heavy (non-hydrogen) atoms. The number of hydrogen-bond donors (Lipinski definition) is 1. The van der Waals surface area contributed by atoms with Crippen molar-refractivity contribution in [2.45, 2.75) is 6.92 Å². The number of thiophene rings is 1. The number of carbonyl (C=O) groups excluding carboxylic acids is 1. The summed E-state index contributed by atoms with van der Waals surface area (Å²) in [6.45, 7) is 1.85. The van der Waals surface area contributed by atoms with Crippen LogP contribution in [-0.4, -0.2) is 21.1 Å². The highest BCUT2D eigenvalue weighted by Crippen LogP contribution is 2.32. The number of hydrogen-bond acceptors (Lipinski definition) is 7. The van der Waals surface area contributed by atoms with Crippen molar-refractivity contribution in [1.82, 2.24) is 15.2 Å². The van der Waals surface area contributed by atoms with Crippen LogP contribution in [0.5, 0.6) is 0 Å². The van der Waals surface area contributed by atoms with Gasteiger partial charge in [0.2, 0.25) is 5.13 Å². The number of carbonyl (C=O) groups is 1. The summed E-state index contributed by atoms with van der Waals surface area (Å²) in [7, 11) is 0. The third-order valence-electron chi connectivity index (χ3n) is 3.40. The Morgan fingerprint density at radius 3 is 2.60 bits per heavy atom. The van der Waals surface area contributed by atoms with Crippen LogP contribution in [0.3, 0.4) is 0 Å². The van der Waals surface area contributed by atoms with Gasteiger partial charge in [-0.15, -0.1) is 32.9 Å². The van der Waals surface area contributed by atoms with Crippen molar-refractivity contribution in [3.63, 3.8) is 0 Å². The van der Waals surface area contributed by atoms with Crippen LogP contribution in [0.4, 0.5) is 5.13 Å². The fraction of sp³-hybridized carbons (Fsp3) is 0.0588. The molecule has 3 heterocycles. The zero-order valence-electron chi connectivity index (χ0n) is 13.1. The van der Waals surface area contributed by atoms with Crippen molar-refractivity contribution in [2.24, 2.45) is 0 Å². The van der Waals surface area contributed by atoms with Crippen molar-refractivity contribution < 1.29 is 4.79 Å². The topological polar surface area (TPSA) is 67.8 Å². The summed E-state index contributed by atoms with van der Waals surface area (Å²) in [5.41, 5.74) is 1.70. The van der Waals surface area contributed by atoms with E-state index in [1.165, 1.54) is 22.7 Å². The number of nitrogens with one attached hydrogen (secondary N) is 1. The zero-order valence-corrected chi connectivity index (χ0v) is 15.5. The normalized spacial score (nSPS) is 10.8. The molecular formula is C17H12N4OS3. The molecule has 1 amide bonds. The number of anilines is 1. The molecule has 4 rings (SSSR count). The molecule has 0 unspecified atom stereocenters. The van der Waals surface area contributed by atoms with Crippen molar-refractivity contribution in [3.8, 4) is 20.5 Å². The second-order valence-corrected chi connectivity index (χ2v) is 8.07. The number of aromatic nitrogens is 3. The fourth-order valence-electron chi connectivity index (χ4n) is 2.24. The summed E-state index contributed by atoms with van der Waals surface area (Å²) in [6, 6.07) is 13.7. The van der Waals surface area contributed by atoms with Crippen LogP contribution in [0.2, 0.25) is 0 Å². The third-order valence-corrected chi connectivity index (χ3v) is 6.48. The van der Waals surface area contributed by atoms with E-state index >= 15 is 0 Å². The molecule has 0 saturated heterocycles. The Bertz CT molecular complexity index is 1010. The maximum absolute atomic E-state index is 12.6. The minimum absolute atomic E-state index is 0.200. The maximum Gasteiger partial charge on any atom is 0.269 e. The lowest BCUT2D eigenvalue weighted by molar-refractivity contribution is 0.102. The number of benzene rings is 1. The molecule has 0 aliphatic heterocycles. The number of nitrogens with zero attached hydrogens (tertiary/aromatic N) is 3. The Morgan fingerprint density at radius 1 is 1.00 bits per heavy atom. The van der Waals surface area contributed by atoms with Gasteiger partial charge < -0.3 is 0 Å². The fourth-order valence-corrected chi connectivity index (χ4v) is 4.74. The van der Waals surface area contributed by atoms with Crippen molar-refractivity contribution in [2.75, 3.05) is 5.32 Å². The van der Waals surface area contributed by atoms with Crippen molar-refractivity contribution in [1.29, 1.82) is 0 Å². The first-order chi connectivity index (χ1) is 12.2. The largest absolute Gasteiger partial charge is 0.296 e.